The van der Waals surface area contributed by atoms with Crippen LogP contribution in [0, 0.1) is 5.92 Å². The zero-order chi connectivity index (χ0) is 24.4. The Balaban J connectivity index is 1.21. The molecule has 7 heteroatoms. The Labute approximate surface area is 205 Å². The number of ether oxygens (including phenoxy) is 1. The van der Waals surface area contributed by atoms with E-state index >= 15 is 0 Å². The van der Waals surface area contributed by atoms with Crippen LogP contribution in [-0.4, -0.2) is 41.3 Å². The summed E-state index contributed by atoms with van der Waals surface area (Å²) in [4.78, 5) is 37.2. The highest BCUT2D eigenvalue weighted by Gasteiger charge is 2.44. The molecule has 2 atom stereocenters. The number of aliphatic carboxylic acids is 1. The van der Waals surface area contributed by atoms with Crippen molar-refractivity contribution in [3.8, 4) is 11.1 Å². The van der Waals surface area contributed by atoms with Crippen molar-refractivity contribution in [2.45, 2.75) is 68.9 Å². The smallest absolute Gasteiger partial charge is 0.408 e. The van der Waals surface area contributed by atoms with Crippen LogP contribution >= 0.6 is 0 Å². The summed E-state index contributed by atoms with van der Waals surface area (Å²) in [6.45, 7) is 0.205. The van der Waals surface area contributed by atoms with Gasteiger partial charge in [-0.25, -0.2) is 4.79 Å². The van der Waals surface area contributed by atoms with Crippen LogP contribution in [0.25, 0.3) is 11.1 Å². The Hall–Kier alpha value is -3.35. The highest BCUT2D eigenvalue weighted by Crippen LogP contribution is 2.44. The fourth-order valence-electron chi connectivity index (χ4n) is 6.18. The molecule has 0 spiro atoms. The number of carbonyl (C=O) groups is 3. The molecule has 7 nitrogen and oxygen atoms in total. The van der Waals surface area contributed by atoms with Crippen molar-refractivity contribution in [2.75, 3.05) is 6.61 Å². The fourth-order valence-corrected chi connectivity index (χ4v) is 6.18. The SMILES string of the molecule is O=C(O)C[C@@H]1CC[C@H](NC(=O)C2(NC(=O)OCC3c4ccccc4-c4ccccc43)CCCC2)C1. The van der Waals surface area contributed by atoms with E-state index in [1.165, 1.54) is 11.1 Å². The molecule has 35 heavy (non-hydrogen) atoms. The number of rotatable bonds is 7. The Morgan fingerprint density at radius 1 is 0.943 bits per heavy atom. The molecule has 0 unspecified atom stereocenters. The molecule has 2 fully saturated rings. The third-order valence-electron chi connectivity index (χ3n) is 7.92. The van der Waals surface area contributed by atoms with Gasteiger partial charge in [-0.1, -0.05) is 61.4 Å². The van der Waals surface area contributed by atoms with Gasteiger partial charge in [0.2, 0.25) is 5.91 Å². The summed E-state index contributed by atoms with van der Waals surface area (Å²) in [5.41, 5.74) is 3.66. The van der Waals surface area contributed by atoms with Crippen LogP contribution in [0.1, 0.15) is 68.4 Å². The van der Waals surface area contributed by atoms with Crippen LogP contribution in [0.15, 0.2) is 48.5 Å². The summed E-state index contributed by atoms with van der Waals surface area (Å²) >= 11 is 0. The summed E-state index contributed by atoms with van der Waals surface area (Å²) in [5.74, 6) is -0.922. The lowest BCUT2D eigenvalue weighted by Gasteiger charge is -2.30. The van der Waals surface area contributed by atoms with Crippen molar-refractivity contribution in [1.29, 1.82) is 0 Å². The minimum absolute atomic E-state index is 0.0360. The Morgan fingerprint density at radius 2 is 1.57 bits per heavy atom. The number of hydrogen-bond acceptors (Lipinski definition) is 4. The van der Waals surface area contributed by atoms with Crippen molar-refractivity contribution >= 4 is 18.0 Å². The normalized spacial score (nSPS) is 22.3. The maximum atomic E-state index is 13.3. The molecular formula is C28H32N2O5. The molecule has 0 aliphatic heterocycles. The molecular weight excluding hydrogens is 444 g/mol. The average Bonchev–Trinajstić information content (AvgIpc) is 3.56. The van der Waals surface area contributed by atoms with E-state index in [0.717, 1.165) is 36.8 Å². The van der Waals surface area contributed by atoms with E-state index in [1.807, 2.05) is 24.3 Å². The maximum Gasteiger partial charge on any atom is 0.408 e. The molecule has 2 aromatic carbocycles. The lowest BCUT2D eigenvalue weighted by molar-refractivity contribution is -0.138. The molecule has 2 aromatic rings. The predicted octanol–water partition coefficient (Wildman–Crippen LogP) is 4.60. The molecule has 2 saturated carbocycles. The summed E-state index contributed by atoms with van der Waals surface area (Å²) in [6, 6.07) is 16.3. The first-order valence-electron chi connectivity index (χ1n) is 12.6. The molecule has 3 aliphatic carbocycles. The van der Waals surface area contributed by atoms with Crippen molar-refractivity contribution < 1.29 is 24.2 Å². The molecule has 5 rings (SSSR count). The second-order valence-electron chi connectivity index (χ2n) is 10.2. The number of amides is 2. The van der Waals surface area contributed by atoms with Crippen LogP contribution < -0.4 is 10.6 Å². The topological polar surface area (TPSA) is 105 Å². The molecule has 3 N–H and O–H groups in total. The average molecular weight is 477 g/mol. The van der Waals surface area contributed by atoms with Crippen LogP contribution in [0.2, 0.25) is 0 Å². The summed E-state index contributed by atoms with van der Waals surface area (Å²) in [5, 5.41) is 15.0. The Bertz CT molecular complexity index is 1080. The number of alkyl carbamates (subject to hydrolysis) is 1. The molecule has 0 heterocycles. The second-order valence-corrected chi connectivity index (χ2v) is 10.2. The monoisotopic (exact) mass is 476 g/mol. The van der Waals surface area contributed by atoms with Crippen LogP contribution in [-0.2, 0) is 14.3 Å². The summed E-state index contributed by atoms with van der Waals surface area (Å²) in [7, 11) is 0. The van der Waals surface area contributed by atoms with Gasteiger partial charge in [0.15, 0.2) is 0 Å². The largest absolute Gasteiger partial charge is 0.481 e. The number of carboxylic acids is 1. The van der Waals surface area contributed by atoms with Crippen LogP contribution in [0.4, 0.5) is 4.79 Å². The first kappa shape index (κ1) is 23.4. The lowest BCUT2D eigenvalue weighted by Crippen LogP contribution is -2.58. The third kappa shape index (κ3) is 4.77. The van der Waals surface area contributed by atoms with Crippen molar-refractivity contribution in [3.05, 3.63) is 59.7 Å². The number of nitrogens with one attached hydrogen (secondary N) is 2. The first-order valence-corrected chi connectivity index (χ1v) is 12.6. The number of hydrogen-bond donors (Lipinski definition) is 3. The van der Waals surface area contributed by atoms with E-state index < -0.39 is 17.6 Å². The minimum Gasteiger partial charge on any atom is -0.481 e. The van der Waals surface area contributed by atoms with E-state index in [9.17, 15) is 14.4 Å². The Kier molecular flexibility index (Phi) is 6.50. The molecule has 0 aromatic heterocycles. The van der Waals surface area contributed by atoms with E-state index in [0.29, 0.717) is 19.3 Å². The predicted molar refractivity (Wildman–Crippen MR) is 131 cm³/mol. The van der Waals surface area contributed by atoms with Crippen LogP contribution in [0.3, 0.4) is 0 Å². The second kappa shape index (κ2) is 9.72. The van der Waals surface area contributed by atoms with Gasteiger partial charge in [-0.2, -0.15) is 0 Å². The van der Waals surface area contributed by atoms with Crippen molar-refractivity contribution in [2.24, 2.45) is 5.92 Å². The van der Waals surface area contributed by atoms with Gasteiger partial charge >= 0.3 is 12.1 Å². The lowest BCUT2D eigenvalue weighted by atomic mass is 9.95. The van der Waals surface area contributed by atoms with Gasteiger partial charge < -0.3 is 20.5 Å². The summed E-state index contributed by atoms with van der Waals surface area (Å²) in [6.07, 6.45) is 4.68. The van der Waals surface area contributed by atoms with Gasteiger partial charge in [-0.05, 0) is 60.3 Å². The highest BCUT2D eigenvalue weighted by atomic mass is 16.5. The molecule has 0 saturated heterocycles. The van der Waals surface area contributed by atoms with E-state index in [2.05, 4.69) is 34.9 Å². The first-order chi connectivity index (χ1) is 16.9. The third-order valence-corrected chi connectivity index (χ3v) is 7.92. The molecule has 2 amide bonds. The van der Waals surface area contributed by atoms with Gasteiger partial charge in [0.05, 0.1) is 0 Å². The van der Waals surface area contributed by atoms with Gasteiger partial charge in [-0.15, -0.1) is 0 Å². The zero-order valence-corrected chi connectivity index (χ0v) is 19.8. The summed E-state index contributed by atoms with van der Waals surface area (Å²) < 4.78 is 5.71. The standard InChI is InChI=1S/C28H32N2O5/c31-25(32)16-18-11-12-19(15-18)29-26(33)28(13-5-6-14-28)30-27(34)35-17-24-22-9-3-1-7-20(22)21-8-2-4-10-23(21)24/h1-4,7-10,18-19,24H,5-6,11-17H2,(H,29,33)(H,30,34)(H,31,32)/t18-,19+/m1/s1. The molecule has 0 bridgehead atoms. The number of fused-ring (bicyclic) bond motifs is 3. The molecule has 0 radical (unpaired) electrons. The van der Waals surface area contributed by atoms with Gasteiger partial charge in [-0.3, -0.25) is 9.59 Å². The highest BCUT2D eigenvalue weighted by molar-refractivity contribution is 5.90. The molecule has 184 valence electrons. The van der Waals surface area contributed by atoms with Crippen molar-refractivity contribution in [3.63, 3.8) is 0 Å². The van der Waals surface area contributed by atoms with Crippen LogP contribution in [0.5, 0.6) is 0 Å². The quantitative estimate of drug-likeness (QED) is 0.542. The number of carboxylic acid groups (broad SMARTS) is 1. The molecule has 3 aliphatic rings. The van der Waals surface area contributed by atoms with Gasteiger partial charge in [0.25, 0.3) is 0 Å². The van der Waals surface area contributed by atoms with E-state index in [4.69, 9.17) is 9.84 Å². The maximum absolute atomic E-state index is 13.3. The van der Waals surface area contributed by atoms with E-state index in [1.54, 1.807) is 0 Å². The minimum atomic E-state index is -0.965. The van der Waals surface area contributed by atoms with E-state index in [-0.39, 0.29) is 36.8 Å². The number of carbonyl (C=O) groups excluding carboxylic acids is 2. The number of benzene rings is 2. The van der Waals surface area contributed by atoms with Gasteiger partial charge in [0, 0.05) is 18.4 Å². The zero-order valence-electron chi connectivity index (χ0n) is 19.8. The fraction of sp³-hybridized carbons (Fsp3) is 0.464. The van der Waals surface area contributed by atoms with Crippen molar-refractivity contribution in [1.82, 2.24) is 10.6 Å². The van der Waals surface area contributed by atoms with Gasteiger partial charge in [0.1, 0.15) is 12.1 Å². The Morgan fingerprint density at radius 3 is 2.20 bits per heavy atom.